The Hall–Kier alpha value is -3.23. The second kappa shape index (κ2) is 11.5. The first-order valence-electron chi connectivity index (χ1n) is 11.9. The highest BCUT2D eigenvalue weighted by molar-refractivity contribution is 7.89. The Morgan fingerprint density at radius 3 is 2.51 bits per heavy atom. The fourth-order valence-electron chi connectivity index (χ4n) is 4.23. The molecule has 35 heavy (non-hydrogen) atoms. The molecule has 1 heterocycles. The molecular weight excluding hydrogens is 462 g/mol. The van der Waals surface area contributed by atoms with E-state index >= 15 is 0 Å². The monoisotopic (exact) mass is 493 g/mol. The maximum Gasteiger partial charge on any atom is 0.251 e. The van der Waals surface area contributed by atoms with Gasteiger partial charge in [0.15, 0.2) is 0 Å². The number of aromatic nitrogens is 1. The normalized spacial score (nSPS) is 14.6. The van der Waals surface area contributed by atoms with Crippen LogP contribution in [0, 0.1) is 0 Å². The third-order valence-corrected chi connectivity index (χ3v) is 8.26. The van der Waals surface area contributed by atoms with Crippen LogP contribution in [-0.2, 0) is 23.2 Å². The molecule has 2 aromatic carbocycles. The molecule has 1 N–H and O–H groups in total. The third-order valence-electron chi connectivity index (χ3n) is 6.35. The molecule has 0 saturated heterocycles. The van der Waals surface area contributed by atoms with Crippen molar-refractivity contribution in [2.75, 3.05) is 7.05 Å². The molecule has 0 bridgehead atoms. The highest BCUT2D eigenvalue weighted by Crippen LogP contribution is 2.26. The second-order valence-corrected chi connectivity index (χ2v) is 10.8. The number of hydrogen-bond donors (Lipinski definition) is 1. The molecule has 1 saturated carbocycles. The number of nitrogens with one attached hydrogen (secondary N) is 1. The Kier molecular flexibility index (Phi) is 8.15. The maximum absolute atomic E-state index is 13.1. The Balaban J connectivity index is 1.34. The zero-order valence-corrected chi connectivity index (χ0v) is 20.7. The zero-order chi connectivity index (χ0) is 24.7. The summed E-state index contributed by atoms with van der Waals surface area (Å²) in [6.07, 6.45) is 6.73. The van der Waals surface area contributed by atoms with Crippen molar-refractivity contribution in [1.82, 2.24) is 14.6 Å². The number of amides is 1. The minimum Gasteiger partial charge on any atom is -0.487 e. The van der Waals surface area contributed by atoms with Crippen LogP contribution >= 0.6 is 0 Å². The average Bonchev–Trinajstić information content (AvgIpc) is 2.92. The second-order valence-electron chi connectivity index (χ2n) is 8.78. The van der Waals surface area contributed by atoms with E-state index in [0.717, 1.165) is 43.4 Å². The predicted octanol–water partition coefficient (Wildman–Crippen LogP) is 4.54. The Morgan fingerprint density at radius 1 is 1.03 bits per heavy atom. The number of rotatable bonds is 9. The highest BCUT2D eigenvalue weighted by atomic mass is 32.2. The summed E-state index contributed by atoms with van der Waals surface area (Å²) in [5.74, 6) is 0.392. The van der Waals surface area contributed by atoms with Gasteiger partial charge in [0.05, 0.1) is 10.6 Å². The van der Waals surface area contributed by atoms with Gasteiger partial charge in [-0.2, -0.15) is 4.31 Å². The van der Waals surface area contributed by atoms with E-state index in [2.05, 4.69) is 10.3 Å². The van der Waals surface area contributed by atoms with E-state index in [9.17, 15) is 13.2 Å². The van der Waals surface area contributed by atoms with E-state index in [1.165, 1.54) is 10.4 Å². The van der Waals surface area contributed by atoms with Crippen molar-refractivity contribution < 1.29 is 17.9 Å². The van der Waals surface area contributed by atoms with Gasteiger partial charge in [-0.25, -0.2) is 8.42 Å². The molecular formula is C27H31N3O4S. The van der Waals surface area contributed by atoms with Crippen LogP contribution in [0.5, 0.6) is 5.75 Å². The van der Waals surface area contributed by atoms with Gasteiger partial charge in [0, 0.05) is 31.4 Å². The number of benzene rings is 2. The van der Waals surface area contributed by atoms with Crippen LogP contribution in [0.3, 0.4) is 0 Å². The van der Waals surface area contributed by atoms with Crippen molar-refractivity contribution in [3.05, 3.63) is 89.7 Å². The van der Waals surface area contributed by atoms with E-state index < -0.39 is 10.0 Å². The minimum absolute atomic E-state index is 0.0159. The fourth-order valence-corrected chi connectivity index (χ4v) is 5.70. The molecule has 8 heteroatoms. The SMILES string of the molecule is CN(C1CCCCC1)S(=O)(=O)c1cccc(C(=O)NCc2ccc(OCc3ccccn3)cc2)c1. The van der Waals surface area contributed by atoms with E-state index in [1.807, 2.05) is 42.5 Å². The van der Waals surface area contributed by atoms with Gasteiger partial charge in [0.1, 0.15) is 12.4 Å². The van der Waals surface area contributed by atoms with Crippen molar-refractivity contribution in [2.45, 2.75) is 56.2 Å². The van der Waals surface area contributed by atoms with Crippen molar-refractivity contribution >= 4 is 15.9 Å². The summed E-state index contributed by atoms with van der Waals surface area (Å²) in [5, 5.41) is 2.87. The molecule has 7 nitrogen and oxygen atoms in total. The first kappa shape index (κ1) is 24.9. The van der Waals surface area contributed by atoms with Crippen LogP contribution in [0.4, 0.5) is 0 Å². The summed E-state index contributed by atoms with van der Waals surface area (Å²) in [5.41, 5.74) is 2.07. The molecule has 0 radical (unpaired) electrons. The van der Waals surface area contributed by atoms with Crippen LogP contribution in [-0.4, -0.2) is 36.7 Å². The van der Waals surface area contributed by atoms with Gasteiger partial charge in [-0.15, -0.1) is 0 Å². The van der Waals surface area contributed by atoms with Gasteiger partial charge in [-0.05, 0) is 60.9 Å². The van der Waals surface area contributed by atoms with Crippen LogP contribution in [0.15, 0.2) is 77.8 Å². The lowest BCUT2D eigenvalue weighted by atomic mass is 9.96. The van der Waals surface area contributed by atoms with Crippen molar-refractivity contribution in [1.29, 1.82) is 0 Å². The van der Waals surface area contributed by atoms with E-state index in [4.69, 9.17) is 4.74 Å². The molecule has 1 fully saturated rings. The van der Waals surface area contributed by atoms with Gasteiger partial charge >= 0.3 is 0 Å². The van der Waals surface area contributed by atoms with Crippen molar-refractivity contribution in [3.63, 3.8) is 0 Å². The van der Waals surface area contributed by atoms with Gasteiger partial charge in [-0.1, -0.05) is 43.5 Å². The smallest absolute Gasteiger partial charge is 0.251 e. The minimum atomic E-state index is -3.66. The fraction of sp³-hybridized carbons (Fsp3) is 0.333. The van der Waals surface area contributed by atoms with Crippen LogP contribution < -0.4 is 10.1 Å². The molecule has 184 valence electrons. The average molecular weight is 494 g/mol. The highest BCUT2D eigenvalue weighted by Gasteiger charge is 2.29. The van der Waals surface area contributed by atoms with Crippen LogP contribution in [0.25, 0.3) is 0 Å². The number of nitrogens with zero attached hydrogens (tertiary/aromatic N) is 2. The van der Waals surface area contributed by atoms with Crippen LogP contribution in [0.1, 0.15) is 53.7 Å². The van der Waals surface area contributed by atoms with Gasteiger partial charge in [0.25, 0.3) is 5.91 Å². The summed E-state index contributed by atoms with van der Waals surface area (Å²) >= 11 is 0. The molecule has 0 unspecified atom stereocenters. The van der Waals surface area contributed by atoms with E-state index in [-0.39, 0.29) is 16.8 Å². The molecule has 4 rings (SSSR count). The maximum atomic E-state index is 13.1. The number of sulfonamides is 1. The van der Waals surface area contributed by atoms with Crippen LogP contribution in [0.2, 0.25) is 0 Å². The largest absolute Gasteiger partial charge is 0.487 e. The number of carbonyl (C=O) groups excluding carboxylic acids is 1. The molecule has 0 aliphatic heterocycles. The standard InChI is InChI=1S/C27H31N3O4S/c1-30(24-10-3-2-4-11-24)35(32,33)26-12-7-8-22(18-26)27(31)29-19-21-13-15-25(16-14-21)34-20-23-9-5-6-17-28-23/h5-9,12-18,24H,2-4,10-11,19-20H2,1H3,(H,29,31). The Bertz CT molecular complexity index is 1220. The van der Waals surface area contributed by atoms with E-state index in [0.29, 0.717) is 24.5 Å². The Labute approximate surface area is 207 Å². The van der Waals surface area contributed by atoms with Gasteiger partial charge < -0.3 is 10.1 Å². The molecule has 3 aromatic rings. The molecule has 1 amide bonds. The summed E-state index contributed by atoms with van der Waals surface area (Å²) in [4.78, 5) is 17.1. The number of ether oxygens (including phenoxy) is 1. The lowest BCUT2D eigenvalue weighted by Crippen LogP contribution is -2.38. The summed E-state index contributed by atoms with van der Waals surface area (Å²) in [7, 11) is -2.02. The molecule has 1 aliphatic rings. The van der Waals surface area contributed by atoms with Crippen molar-refractivity contribution in [2.24, 2.45) is 0 Å². The van der Waals surface area contributed by atoms with Gasteiger partial charge in [0.2, 0.25) is 10.0 Å². The van der Waals surface area contributed by atoms with Gasteiger partial charge in [-0.3, -0.25) is 9.78 Å². The molecule has 1 aliphatic carbocycles. The first-order chi connectivity index (χ1) is 16.9. The quantitative estimate of drug-likeness (QED) is 0.473. The number of carbonyl (C=O) groups is 1. The summed E-state index contributed by atoms with van der Waals surface area (Å²) in [6, 6.07) is 19.4. The lowest BCUT2D eigenvalue weighted by molar-refractivity contribution is 0.0950. The summed E-state index contributed by atoms with van der Waals surface area (Å²) in [6.45, 7) is 0.699. The third kappa shape index (κ3) is 6.46. The number of pyridine rings is 1. The predicted molar refractivity (Wildman–Crippen MR) is 134 cm³/mol. The lowest BCUT2D eigenvalue weighted by Gasteiger charge is -2.30. The molecule has 0 spiro atoms. The molecule has 0 atom stereocenters. The number of hydrogen-bond acceptors (Lipinski definition) is 5. The van der Waals surface area contributed by atoms with Crippen molar-refractivity contribution in [3.8, 4) is 5.75 Å². The summed E-state index contributed by atoms with van der Waals surface area (Å²) < 4.78 is 33.5. The Morgan fingerprint density at radius 2 is 1.80 bits per heavy atom. The topological polar surface area (TPSA) is 88.6 Å². The van der Waals surface area contributed by atoms with E-state index in [1.54, 1.807) is 31.4 Å². The zero-order valence-electron chi connectivity index (χ0n) is 19.9. The molecule has 1 aromatic heterocycles. The first-order valence-corrected chi connectivity index (χ1v) is 13.4.